The molecule has 0 amide bonds. The van der Waals surface area contributed by atoms with Crippen molar-refractivity contribution in [2.75, 3.05) is 0 Å². The van der Waals surface area contributed by atoms with Gasteiger partial charge in [-0.05, 0) is 28.9 Å². The first-order chi connectivity index (χ1) is 9.38. The Labute approximate surface area is 112 Å². The molecule has 1 aliphatic carbocycles. The van der Waals surface area contributed by atoms with Crippen LogP contribution in [0, 0.1) is 0 Å². The van der Waals surface area contributed by atoms with Crippen LogP contribution in [0.25, 0.3) is 11.6 Å². The van der Waals surface area contributed by atoms with E-state index in [1.54, 1.807) is 0 Å². The monoisotopic (exact) mass is 247 g/mol. The van der Waals surface area contributed by atoms with Gasteiger partial charge in [-0.25, -0.2) is 0 Å². The van der Waals surface area contributed by atoms with Crippen LogP contribution in [0.3, 0.4) is 0 Å². The van der Waals surface area contributed by atoms with E-state index in [0.717, 1.165) is 22.3 Å². The molecule has 0 saturated carbocycles. The first kappa shape index (κ1) is 11.5. The number of hydrogen-bond acceptors (Lipinski definition) is 2. The van der Waals surface area contributed by atoms with Crippen LogP contribution in [0.2, 0.25) is 0 Å². The van der Waals surface area contributed by atoms with Gasteiger partial charge in [0.1, 0.15) is 5.71 Å². The number of hydrogen-bond donors (Lipinski definition) is 1. The van der Waals surface area contributed by atoms with Crippen molar-refractivity contribution in [3.63, 3.8) is 0 Å². The fourth-order valence-corrected chi connectivity index (χ4v) is 2.25. The zero-order chi connectivity index (χ0) is 13.1. The van der Waals surface area contributed by atoms with Crippen LogP contribution in [-0.4, -0.2) is 10.9 Å². The third-order valence-corrected chi connectivity index (χ3v) is 3.16. The van der Waals surface area contributed by atoms with Gasteiger partial charge in [0, 0.05) is 5.56 Å². The lowest BCUT2D eigenvalue weighted by molar-refractivity contribution is 0.320. The highest BCUT2D eigenvalue weighted by Crippen LogP contribution is 2.27. The SMILES string of the molecule is O/N=C1C=C/C(=C\c2ccccc2)c2ccccc2/1. The molecule has 2 aromatic carbocycles. The summed E-state index contributed by atoms with van der Waals surface area (Å²) in [4.78, 5) is 0. The van der Waals surface area contributed by atoms with Gasteiger partial charge in [-0.2, -0.15) is 0 Å². The Kier molecular flexibility index (Phi) is 2.99. The molecule has 19 heavy (non-hydrogen) atoms. The second-order valence-electron chi connectivity index (χ2n) is 4.37. The molecule has 3 rings (SSSR count). The Morgan fingerprint density at radius 2 is 1.47 bits per heavy atom. The molecule has 1 aliphatic rings. The highest BCUT2D eigenvalue weighted by atomic mass is 16.4. The van der Waals surface area contributed by atoms with Crippen molar-refractivity contribution in [1.29, 1.82) is 0 Å². The molecule has 0 fully saturated rings. The van der Waals surface area contributed by atoms with E-state index in [-0.39, 0.29) is 0 Å². The second kappa shape index (κ2) is 4.94. The number of benzene rings is 2. The summed E-state index contributed by atoms with van der Waals surface area (Å²) in [7, 11) is 0. The Morgan fingerprint density at radius 1 is 0.789 bits per heavy atom. The van der Waals surface area contributed by atoms with Crippen LogP contribution in [0.15, 0.2) is 71.9 Å². The molecule has 0 unspecified atom stereocenters. The summed E-state index contributed by atoms with van der Waals surface area (Å²) in [5.41, 5.74) is 4.91. The minimum atomic E-state index is 0.598. The summed E-state index contributed by atoms with van der Waals surface area (Å²) in [5, 5.41) is 12.4. The molecular weight excluding hydrogens is 234 g/mol. The van der Waals surface area contributed by atoms with Gasteiger partial charge in [0.15, 0.2) is 0 Å². The minimum Gasteiger partial charge on any atom is -0.410 e. The van der Waals surface area contributed by atoms with Gasteiger partial charge < -0.3 is 5.21 Å². The van der Waals surface area contributed by atoms with Gasteiger partial charge in [0.25, 0.3) is 0 Å². The maximum absolute atomic E-state index is 9.03. The van der Waals surface area contributed by atoms with Crippen molar-refractivity contribution in [3.05, 3.63) is 83.4 Å². The Hall–Kier alpha value is -2.61. The van der Waals surface area contributed by atoms with Crippen LogP contribution < -0.4 is 0 Å². The van der Waals surface area contributed by atoms with E-state index in [0.29, 0.717) is 5.71 Å². The third kappa shape index (κ3) is 2.20. The molecule has 0 heterocycles. The zero-order valence-corrected chi connectivity index (χ0v) is 10.3. The summed E-state index contributed by atoms with van der Waals surface area (Å²) in [5.74, 6) is 0. The van der Waals surface area contributed by atoms with Gasteiger partial charge in [0.2, 0.25) is 0 Å². The van der Waals surface area contributed by atoms with Crippen LogP contribution in [0.4, 0.5) is 0 Å². The normalized spacial score (nSPS) is 17.7. The van der Waals surface area contributed by atoms with Gasteiger partial charge >= 0.3 is 0 Å². The average molecular weight is 247 g/mol. The zero-order valence-electron chi connectivity index (χ0n) is 10.3. The van der Waals surface area contributed by atoms with Crippen LogP contribution in [-0.2, 0) is 0 Å². The Morgan fingerprint density at radius 3 is 2.21 bits per heavy atom. The molecule has 0 saturated heterocycles. The third-order valence-electron chi connectivity index (χ3n) is 3.16. The van der Waals surface area contributed by atoms with Crippen molar-refractivity contribution >= 4 is 17.4 Å². The molecule has 0 atom stereocenters. The fourth-order valence-electron chi connectivity index (χ4n) is 2.25. The second-order valence-corrected chi connectivity index (χ2v) is 4.37. The highest BCUT2D eigenvalue weighted by molar-refractivity contribution is 6.16. The fraction of sp³-hybridized carbons (Fsp3) is 0. The van der Waals surface area contributed by atoms with E-state index < -0.39 is 0 Å². The van der Waals surface area contributed by atoms with E-state index in [1.165, 1.54) is 0 Å². The van der Waals surface area contributed by atoms with Gasteiger partial charge in [-0.3, -0.25) is 0 Å². The van der Waals surface area contributed by atoms with Gasteiger partial charge in [-0.1, -0.05) is 65.8 Å². The summed E-state index contributed by atoms with van der Waals surface area (Å²) >= 11 is 0. The predicted octanol–water partition coefficient (Wildman–Crippen LogP) is 3.98. The number of nitrogens with zero attached hydrogens (tertiary/aromatic N) is 1. The minimum absolute atomic E-state index is 0.598. The van der Waals surface area contributed by atoms with Crippen molar-refractivity contribution in [2.24, 2.45) is 5.16 Å². The predicted molar refractivity (Wildman–Crippen MR) is 78.2 cm³/mol. The molecule has 0 bridgehead atoms. The molecular formula is C17H13NO. The molecule has 0 radical (unpaired) electrons. The largest absolute Gasteiger partial charge is 0.410 e. The first-order valence-electron chi connectivity index (χ1n) is 6.15. The van der Waals surface area contributed by atoms with E-state index >= 15 is 0 Å². The van der Waals surface area contributed by atoms with Crippen molar-refractivity contribution in [1.82, 2.24) is 0 Å². The summed E-state index contributed by atoms with van der Waals surface area (Å²) in [6.45, 7) is 0. The van der Waals surface area contributed by atoms with Crippen molar-refractivity contribution in [2.45, 2.75) is 0 Å². The van der Waals surface area contributed by atoms with Gasteiger partial charge in [-0.15, -0.1) is 0 Å². The number of allylic oxidation sites excluding steroid dienone is 3. The summed E-state index contributed by atoms with van der Waals surface area (Å²) in [6, 6.07) is 18.1. The molecule has 1 N–H and O–H groups in total. The van der Waals surface area contributed by atoms with Crippen LogP contribution in [0.5, 0.6) is 0 Å². The lowest BCUT2D eigenvalue weighted by Crippen LogP contribution is -2.05. The van der Waals surface area contributed by atoms with E-state index in [2.05, 4.69) is 23.4 Å². The average Bonchev–Trinajstić information content (AvgIpc) is 2.49. The number of fused-ring (bicyclic) bond motifs is 1. The Balaban J connectivity index is 2.13. The molecule has 2 nitrogen and oxygen atoms in total. The molecule has 92 valence electrons. The van der Waals surface area contributed by atoms with Gasteiger partial charge in [0.05, 0.1) is 0 Å². The molecule has 0 spiro atoms. The maximum atomic E-state index is 9.03. The molecule has 2 aromatic rings. The highest BCUT2D eigenvalue weighted by Gasteiger charge is 2.14. The lowest BCUT2D eigenvalue weighted by atomic mass is 9.90. The first-order valence-corrected chi connectivity index (χ1v) is 6.15. The maximum Gasteiger partial charge on any atom is 0.110 e. The lowest BCUT2D eigenvalue weighted by Gasteiger charge is -2.14. The number of oxime groups is 1. The number of rotatable bonds is 1. The standard InChI is InChI=1S/C17H13NO/c19-18-17-11-10-14(12-13-6-2-1-3-7-13)15-8-4-5-9-16(15)17/h1-12,19H/b14-12+,18-17-. The molecule has 0 aromatic heterocycles. The summed E-state index contributed by atoms with van der Waals surface area (Å²) < 4.78 is 0. The quantitative estimate of drug-likeness (QED) is 0.600. The van der Waals surface area contributed by atoms with E-state index in [4.69, 9.17) is 5.21 Å². The smallest absolute Gasteiger partial charge is 0.110 e. The van der Waals surface area contributed by atoms with E-state index in [1.807, 2.05) is 54.6 Å². The summed E-state index contributed by atoms with van der Waals surface area (Å²) in [6.07, 6.45) is 5.94. The van der Waals surface area contributed by atoms with Crippen LogP contribution in [0.1, 0.15) is 16.7 Å². The molecule has 0 aliphatic heterocycles. The van der Waals surface area contributed by atoms with Crippen molar-refractivity contribution < 1.29 is 5.21 Å². The molecule has 2 heteroatoms. The van der Waals surface area contributed by atoms with E-state index in [9.17, 15) is 0 Å². The van der Waals surface area contributed by atoms with Crippen LogP contribution >= 0.6 is 0 Å². The topological polar surface area (TPSA) is 32.6 Å². The Bertz CT molecular complexity index is 681. The van der Waals surface area contributed by atoms with Crippen molar-refractivity contribution in [3.8, 4) is 0 Å².